The largest absolute Gasteiger partial charge is 0.505 e. The van der Waals surface area contributed by atoms with Crippen LogP contribution >= 0.6 is 0 Å². The maximum atomic E-state index is 11.7. The zero-order valence-corrected chi connectivity index (χ0v) is 46.9. The van der Waals surface area contributed by atoms with E-state index in [1.807, 2.05) is 109 Å². The second-order valence-corrected chi connectivity index (χ2v) is 21.4. The Morgan fingerprint density at radius 1 is 0.379 bits per heavy atom. The first-order valence-corrected chi connectivity index (χ1v) is 28.3. The Hall–Kier alpha value is -11.6. The molecule has 0 aliphatic heterocycles. The highest BCUT2D eigenvalue weighted by Crippen LogP contribution is 2.58. The van der Waals surface area contributed by atoms with Gasteiger partial charge >= 0.3 is 0 Å². The van der Waals surface area contributed by atoms with Crippen LogP contribution in [0.15, 0.2) is 253 Å². The number of rotatable bonds is 14. The van der Waals surface area contributed by atoms with Crippen LogP contribution in [0.3, 0.4) is 0 Å². The first-order valence-electron chi connectivity index (χ1n) is 28.3. The van der Waals surface area contributed by atoms with Gasteiger partial charge in [0.1, 0.15) is 24.7 Å². The van der Waals surface area contributed by atoms with Gasteiger partial charge in [-0.2, -0.15) is 0 Å². The average Bonchev–Trinajstić information content (AvgIpc) is 2.27. The zero-order chi connectivity index (χ0) is 60.0. The molecule has 9 N–H and O–H groups in total. The van der Waals surface area contributed by atoms with Crippen LogP contribution in [0.4, 0.5) is 56.9 Å². The van der Waals surface area contributed by atoms with E-state index in [9.17, 15) is 46.0 Å². The number of furan rings is 1. The molecule has 11 aromatic rings. The van der Waals surface area contributed by atoms with E-state index in [0.29, 0.717) is 51.1 Å². The Kier molecular flexibility index (Phi) is 14.2. The minimum absolute atomic E-state index is 0.0207. The molecule has 87 heavy (non-hydrogen) atoms. The summed E-state index contributed by atoms with van der Waals surface area (Å²) in [6.45, 7) is 0. The van der Waals surface area contributed by atoms with E-state index in [4.69, 9.17) is 4.42 Å². The lowest BCUT2D eigenvalue weighted by atomic mass is 9.90. The number of hydrogen-bond acceptors (Lipinski definition) is 14. The van der Waals surface area contributed by atoms with E-state index < -0.39 is 57.4 Å². The number of allylic oxidation sites excluding steroid dienone is 5. The number of fused-ring (bicyclic) bond motifs is 3. The molecule has 2 atom stereocenters. The van der Waals surface area contributed by atoms with Crippen LogP contribution in [0.2, 0.25) is 0 Å². The predicted molar refractivity (Wildman–Crippen MR) is 347 cm³/mol. The van der Waals surface area contributed by atoms with Crippen LogP contribution in [-0.4, -0.2) is 59.8 Å². The van der Waals surface area contributed by atoms with Crippen molar-refractivity contribution in [2.24, 2.45) is 0 Å². The molecule has 0 fully saturated rings. The first kappa shape index (κ1) is 54.7. The van der Waals surface area contributed by atoms with Gasteiger partial charge in [0.25, 0.3) is 0 Å². The van der Waals surface area contributed by atoms with Crippen LogP contribution in [0.25, 0.3) is 33.1 Å². The maximum absolute atomic E-state index is 11.7. The Balaban J connectivity index is 0.866. The molecule has 2 aliphatic carbocycles. The number of para-hydroxylation sites is 3. The van der Waals surface area contributed by atoms with Crippen LogP contribution in [0.5, 0.6) is 51.7 Å². The molecule has 0 bridgehead atoms. The number of hydrogen-bond donors (Lipinski definition) is 9. The summed E-state index contributed by atoms with van der Waals surface area (Å²) in [6, 6.07) is 65.3. The third kappa shape index (κ3) is 9.92. The average molecular weight is 1150 g/mol. The van der Waals surface area contributed by atoms with Gasteiger partial charge in [0.15, 0.2) is 23.0 Å². The van der Waals surface area contributed by atoms with Gasteiger partial charge in [-0.15, -0.1) is 0 Å². The standard InChI is InChI=1S/C72H57BN4O10/c73-61-62(65(79)69(83)68(82)64(61)78)76(53-33-25-45(26-34-53)43-21-29-51(30-22-43)74(47-13-5-1-6-14-47)48-15-7-2-8-16-48)55-37-39-59-57(41-55)58-42-56(38-40-60(58)87-59)77(63-66(80)70(84)72(86)71(85)67(63)81)54-35-27-46(28-36-54)44-23-31-52(32-24-44)75(49-17-9-3-10-18-49)50-19-11-4-12-20-50/h1-19,21-27,29-42,46,50,78-86H,20,28,73H2. The Morgan fingerprint density at radius 3 is 1.32 bits per heavy atom. The second-order valence-electron chi connectivity index (χ2n) is 21.4. The van der Waals surface area contributed by atoms with Crippen molar-refractivity contribution in [3.8, 4) is 62.9 Å². The number of aromatic hydroxyl groups is 9. The van der Waals surface area contributed by atoms with Gasteiger partial charge < -0.3 is 70.0 Å². The van der Waals surface area contributed by atoms with Crippen molar-refractivity contribution in [2.45, 2.75) is 24.8 Å². The van der Waals surface area contributed by atoms with Gasteiger partial charge in [0.2, 0.25) is 28.7 Å². The fourth-order valence-corrected chi connectivity index (χ4v) is 11.8. The molecular formula is C72H57BN4O10. The topological polar surface area (TPSA) is 208 Å². The van der Waals surface area contributed by atoms with Crippen LogP contribution in [-0.2, 0) is 0 Å². The van der Waals surface area contributed by atoms with Crippen LogP contribution < -0.4 is 25.1 Å². The Morgan fingerprint density at radius 2 is 0.816 bits per heavy atom. The Labute approximate surface area is 501 Å². The maximum Gasteiger partial charge on any atom is 0.208 e. The molecule has 14 nitrogen and oxygen atoms in total. The predicted octanol–water partition coefficient (Wildman–Crippen LogP) is 15.6. The van der Waals surface area contributed by atoms with Crippen LogP contribution in [0, 0.1) is 0 Å². The normalized spacial score (nSPS) is 14.5. The molecular weight excluding hydrogens is 1090 g/mol. The molecule has 1 heterocycles. The van der Waals surface area contributed by atoms with E-state index in [2.05, 4.69) is 107 Å². The highest BCUT2D eigenvalue weighted by atomic mass is 16.4. The van der Waals surface area contributed by atoms with E-state index >= 15 is 0 Å². The van der Waals surface area contributed by atoms with Gasteiger partial charge in [-0.05, 0) is 150 Å². The fraction of sp³-hybridized carbons (Fsp3) is 0.0556. The summed E-state index contributed by atoms with van der Waals surface area (Å²) in [5, 5.41) is 101. The summed E-state index contributed by atoms with van der Waals surface area (Å²) < 4.78 is 6.42. The summed E-state index contributed by atoms with van der Waals surface area (Å²) >= 11 is 0. The third-order valence-electron chi connectivity index (χ3n) is 16.2. The monoisotopic (exact) mass is 1150 g/mol. The molecule has 0 amide bonds. The SMILES string of the molecule is Bc1c(O)c(O)c(O)c(O)c1N(c1ccc(-c2ccc(N(c3ccccc3)c3ccccc3)cc2)cc1)c1ccc2oc3ccc(N(C4=CCC(c5ccc(N(c6ccccc6)C6C=CC=CC6)cc5)C=C4)c4c(O)c(O)c(O)c(O)c4O)cc3c2c1. The molecule has 2 unspecified atom stereocenters. The number of benzene rings is 10. The van der Waals surface area contributed by atoms with Gasteiger partial charge in [-0.25, -0.2) is 0 Å². The Bertz CT molecular complexity index is 4440. The van der Waals surface area contributed by atoms with Crippen molar-refractivity contribution < 1.29 is 50.4 Å². The van der Waals surface area contributed by atoms with E-state index in [1.165, 1.54) is 12.7 Å². The molecule has 15 heteroatoms. The van der Waals surface area contributed by atoms with Crippen molar-refractivity contribution in [2.75, 3.05) is 19.6 Å². The van der Waals surface area contributed by atoms with Crippen molar-refractivity contribution in [1.82, 2.24) is 0 Å². The van der Waals surface area contributed by atoms with Gasteiger partial charge in [-0.3, -0.25) is 0 Å². The molecule has 428 valence electrons. The van der Waals surface area contributed by atoms with Gasteiger partial charge in [0.05, 0.1) is 11.7 Å². The summed E-state index contributed by atoms with van der Waals surface area (Å²) in [5.74, 6) is -8.19. The van der Waals surface area contributed by atoms with Crippen molar-refractivity contribution >= 4 is 92.1 Å². The second kappa shape index (κ2) is 22.5. The minimum Gasteiger partial charge on any atom is -0.505 e. The van der Waals surface area contributed by atoms with Crippen molar-refractivity contribution in [3.63, 3.8) is 0 Å². The number of nitrogens with zero attached hydrogens (tertiary/aromatic N) is 4. The van der Waals surface area contributed by atoms with Crippen molar-refractivity contribution in [1.29, 1.82) is 0 Å². The van der Waals surface area contributed by atoms with E-state index in [-0.39, 0.29) is 23.1 Å². The molecule has 1 aromatic heterocycles. The summed E-state index contributed by atoms with van der Waals surface area (Å²) in [7, 11) is 1.51. The number of phenolic OH excluding ortho intramolecular Hbond substituents is 9. The van der Waals surface area contributed by atoms with Gasteiger partial charge in [0, 0.05) is 67.9 Å². The first-order chi connectivity index (χ1) is 42.3. The minimum atomic E-state index is -1.10. The molecule has 10 aromatic carbocycles. The summed E-state index contributed by atoms with van der Waals surface area (Å²) in [5.41, 5.74) is 10.2. The highest BCUT2D eigenvalue weighted by molar-refractivity contribution is 6.39. The summed E-state index contributed by atoms with van der Waals surface area (Å²) in [4.78, 5) is 7.61. The lowest BCUT2D eigenvalue weighted by Crippen LogP contribution is -2.29. The molecule has 0 saturated carbocycles. The molecule has 0 spiro atoms. The zero-order valence-electron chi connectivity index (χ0n) is 46.9. The van der Waals surface area contributed by atoms with E-state index in [0.717, 1.165) is 51.5 Å². The molecule has 0 radical (unpaired) electrons. The molecule has 13 rings (SSSR count). The molecule has 2 aliphatic rings. The van der Waals surface area contributed by atoms with Crippen molar-refractivity contribution in [3.05, 3.63) is 254 Å². The number of anilines is 10. The quantitative estimate of drug-likeness (QED) is 0.0282. The number of phenols is 9. The van der Waals surface area contributed by atoms with Gasteiger partial charge in [-0.1, -0.05) is 127 Å². The molecule has 0 saturated heterocycles. The van der Waals surface area contributed by atoms with Crippen LogP contribution in [0.1, 0.15) is 24.3 Å². The fourth-order valence-electron chi connectivity index (χ4n) is 11.8. The third-order valence-corrected chi connectivity index (χ3v) is 16.2. The lowest BCUT2D eigenvalue weighted by molar-refractivity contribution is 0.329. The summed E-state index contributed by atoms with van der Waals surface area (Å²) in [6.07, 6.45) is 15.6. The smallest absolute Gasteiger partial charge is 0.208 e. The van der Waals surface area contributed by atoms with E-state index in [1.54, 1.807) is 41.3 Å². The highest BCUT2D eigenvalue weighted by Gasteiger charge is 2.32. The lowest BCUT2D eigenvalue weighted by Gasteiger charge is -2.33.